The van der Waals surface area contributed by atoms with Crippen molar-refractivity contribution < 1.29 is 19.1 Å². The van der Waals surface area contributed by atoms with Gasteiger partial charge in [0.15, 0.2) is 5.78 Å². The molecule has 0 radical (unpaired) electrons. The lowest BCUT2D eigenvalue weighted by atomic mass is 9.97. The summed E-state index contributed by atoms with van der Waals surface area (Å²) in [6.45, 7) is 0.306. The molecule has 1 heterocycles. The molecule has 0 unspecified atom stereocenters. The summed E-state index contributed by atoms with van der Waals surface area (Å²) in [7, 11) is 0. The molecule has 4 nitrogen and oxygen atoms in total. The van der Waals surface area contributed by atoms with Crippen molar-refractivity contribution in [1.82, 2.24) is 0 Å². The highest BCUT2D eigenvalue weighted by Gasteiger charge is 2.27. The molecule has 4 rings (SSSR count). The average Bonchev–Trinajstić information content (AvgIpc) is 2.74. The van der Waals surface area contributed by atoms with Gasteiger partial charge in [0.1, 0.15) is 18.1 Å². The molecule has 0 saturated heterocycles. The zero-order valence-electron chi connectivity index (χ0n) is 14.6. The molecule has 0 saturated carbocycles. The van der Waals surface area contributed by atoms with Crippen LogP contribution in [0.15, 0.2) is 78.9 Å². The zero-order valence-corrected chi connectivity index (χ0v) is 14.6. The molecule has 0 fully saturated rings. The predicted octanol–water partition coefficient (Wildman–Crippen LogP) is 4.07. The minimum absolute atomic E-state index is 0.0641. The van der Waals surface area contributed by atoms with Gasteiger partial charge in [-0.3, -0.25) is 9.59 Å². The normalized spacial score (nSPS) is 15.3. The maximum atomic E-state index is 12.4. The summed E-state index contributed by atoms with van der Waals surface area (Å²) in [4.78, 5) is 24.9. The standard InChI is InChI=1S/C23H18O4/c24-22(16-6-2-1-3-7-16)17-10-12-20(13-11-17)27-23(25)19-14-18-8-4-5-9-21(18)26-15-19/h1-13,19H,14-15H2/t19-/m1/s1. The third-order valence-corrected chi connectivity index (χ3v) is 4.58. The van der Waals surface area contributed by atoms with Crippen molar-refractivity contribution in [2.75, 3.05) is 6.61 Å². The summed E-state index contributed by atoms with van der Waals surface area (Å²) in [6, 6.07) is 23.4. The monoisotopic (exact) mass is 358 g/mol. The fourth-order valence-corrected chi connectivity index (χ4v) is 3.11. The second-order valence-electron chi connectivity index (χ2n) is 6.46. The van der Waals surface area contributed by atoms with Crippen LogP contribution in [0.4, 0.5) is 0 Å². The van der Waals surface area contributed by atoms with Crippen molar-refractivity contribution in [3.8, 4) is 11.5 Å². The number of ether oxygens (including phenoxy) is 2. The van der Waals surface area contributed by atoms with Gasteiger partial charge in [0.25, 0.3) is 0 Å². The maximum absolute atomic E-state index is 12.4. The van der Waals surface area contributed by atoms with Gasteiger partial charge in [0.2, 0.25) is 0 Å². The van der Waals surface area contributed by atoms with Gasteiger partial charge in [-0.2, -0.15) is 0 Å². The third kappa shape index (κ3) is 3.75. The van der Waals surface area contributed by atoms with Gasteiger partial charge in [0, 0.05) is 11.1 Å². The van der Waals surface area contributed by atoms with E-state index in [1.54, 1.807) is 36.4 Å². The smallest absolute Gasteiger partial charge is 0.318 e. The van der Waals surface area contributed by atoms with Crippen LogP contribution in [-0.2, 0) is 11.2 Å². The minimum atomic E-state index is -0.342. The molecule has 0 aromatic heterocycles. The molecule has 3 aromatic rings. The van der Waals surface area contributed by atoms with Crippen LogP contribution in [0.5, 0.6) is 11.5 Å². The number of rotatable bonds is 4. The van der Waals surface area contributed by atoms with E-state index < -0.39 is 0 Å². The highest BCUT2D eigenvalue weighted by molar-refractivity contribution is 6.09. The third-order valence-electron chi connectivity index (χ3n) is 4.58. The lowest BCUT2D eigenvalue weighted by Crippen LogP contribution is -2.31. The van der Waals surface area contributed by atoms with Gasteiger partial charge >= 0.3 is 5.97 Å². The van der Waals surface area contributed by atoms with Gasteiger partial charge in [-0.25, -0.2) is 0 Å². The van der Waals surface area contributed by atoms with Crippen LogP contribution in [0.2, 0.25) is 0 Å². The van der Waals surface area contributed by atoms with Crippen molar-refractivity contribution in [3.63, 3.8) is 0 Å². The Labute approximate surface area is 157 Å². The fraction of sp³-hybridized carbons (Fsp3) is 0.130. The second-order valence-corrected chi connectivity index (χ2v) is 6.46. The zero-order chi connectivity index (χ0) is 18.6. The van der Waals surface area contributed by atoms with Crippen LogP contribution in [0.3, 0.4) is 0 Å². The largest absolute Gasteiger partial charge is 0.492 e. The summed E-state index contributed by atoms with van der Waals surface area (Å²) < 4.78 is 11.1. The summed E-state index contributed by atoms with van der Waals surface area (Å²) >= 11 is 0. The van der Waals surface area contributed by atoms with E-state index in [0.717, 1.165) is 11.3 Å². The molecule has 4 heteroatoms. The Morgan fingerprint density at radius 1 is 0.815 bits per heavy atom. The molecule has 0 amide bonds. The molecule has 134 valence electrons. The number of carbonyl (C=O) groups excluding carboxylic acids is 2. The quantitative estimate of drug-likeness (QED) is 0.401. The Kier molecular flexibility index (Phi) is 4.71. The van der Waals surface area contributed by atoms with Crippen LogP contribution in [0.1, 0.15) is 21.5 Å². The van der Waals surface area contributed by atoms with Crippen LogP contribution in [0.25, 0.3) is 0 Å². The van der Waals surface area contributed by atoms with Gasteiger partial charge in [-0.05, 0) is 42.3 Å². The Morgan fingerprint density at radius 3 is 2.26 bits per heavy atom. The number of benzene rings is 3. The lowest BCUT2D eigenvalue weighted by molar-refractivity contribution is -0.140. The number of hydrogen-bond acceptors (Lipinski definition) is 4. The Bertz CT molecular complexity index is 961. The van der Waals surface area contributed by atoms with Gasteiger partial charge < -0.3 is 9.47 Å². The molecule has 3 aromatic carbocycles. The molecule has 0 aliphatic carbocycles. The molecule has 0 N–H and O–H groups in total. The van der Waals surface area contributed by atoms with Crippen LogP contribution in [0, 0.1) is 5.92 Å². The van der Waals surface area contributed by atoms with Crippen LogP contribution < -0.4 is 9.47 Å². The topological polar surface area (TPSA) is 52.6 Å². The Balaban J connectivity index is 1.41. The maximum Gasteiger partial charge on any atom is 0.318 e. The van der Waals surface area contributed by atoms with E-state index in [9.17, 15) is 9.59 Å². The summed E-state index contributed by atoms with van der Waals surface area (Å²) in [6.07, 6.45) is 0.597. The van der Waals surface area contributed by atoms with Crippen molar-refractivity contribution in [2.24, 2.45) is 5.92 Å². The first-order chi connectivity index (χ1) is 13.2. The number of carbonyl (C=O) groups is 2. The number of para-hydroxylation sites is 1. The number of esters is 1. The molecule has 27 heavy (non-hydrogen) atoms. The van der Waals surface area contributed by atoms with Crippen molar-refractivity contribution in [1.29, 1.82) is 0 Å². The SMILES string of the molecule is O=C(c1ccccc1)c1ccc(OC(=O)[C@H]2COc3ccccc3C2)cc1. The van der Waals surface area contributed by atoms with Gasteiger partial charge in [-0.15, -0.1) is 0 Å². The Hall–Kier alpha value is -3.40. The van der Waals surface area contributed by atoms with Gasteiger partial charge in [0.05, 0.1) is 5.92 Å². The summed E-state index contributed by atoms with van der Waals surface area (Å²) in [5.74, 6) is 0.511. The van der Waals surface area contributed by atoms with Crippen LogP contribution >= 0.6 is 0 Å². The van der Waals surface area contributed by atoms with Crippen molar-refractivity contribution >= 4 is 11.8 Å². The number of fused-ring (bicyclic) bond motifs is 1. The summed E-state index contributed by atoms with van der Waals surface area (Å²) in [5, 5.41) is 0. The van der Waals surface area contributed by atoms with E-state index in [4.69, 9.17) is 9.47 Å². The predicted molar refractivity (Wildman–Crippen MR) is 101 cm³/mol. The van der Waals surface area contributed by atoms with E-state index in [0.29, 0.717) is 29.9 Å². The summed E-state index contributed by atoms with van der Waals surface area (Å²) in [5.41, 5.74) is 2.19. The van der Waals surface area contributed by atoms with E-state index in [1.165, 1.54) is 0 Å². The van der Waals surface area contributed by atoms with E-state index in [1.807, 2.05) is 42.5 Å². The van der Waals surface area contributed by atoms with Crippen LogP contribution in [-0.4, -0.2) is 18.4 Å². The lowest BCUT2D eigenvalue weighted by Gasteiger charge is -2.23. The number of hydrogen-bond donors (Lipinski definition) is 0. The first kappa shape index (κ1) is 17.0. The first-order valence-electron chi connectivity index (χ1n) is 8.83. The highest BCUT2D eigenvalue weighted by atomic mass is 16.5. The fourth-order valence-electron chi connectivity index (χ4n) is 3.11. The van der Waals surface area contributed by atoms with Crippen molar-refractivity contribution in [2.45, 2.75) is 6.42 Å². The van der Waals surface area contributed by atoms with E-state index in [2.05, 4.69) is 0 Å². The number of ketones is 1. The van der Waals surface area contributed by atoms with E-state index in [-0.39, 0.29) is 17.7 Å². The first-order valence-corrected chi connectivity index (χ1v) is 8.83. The van der Waals surface area contributed by atoms with Crippen molar-refractivity contribution in [3.05, 3.63) is 95.6 Å². The molecule has 1 atom stereocenters. The molecule has 1 aliphatic rings. The van der Waals surface area contributed by atoms with E-state index >= 15 is 0 Å². The molecule has 0 bridgehead atoms. The molecule has 0 spiro atoms. The highest BCUT2D eigenvalue weighted by Crippen LogP contribution is 2.28. The van der Waals surface area contributed by atoms with Gasteiger partial charge in [-0.1, -0.05) is 48.5 Å². The second kappa shape index (κ2) is 7.46. The minimum Gasteiger partial charge on any atom is -0.492 e. The molecular formula is C23H18O4. The average molecular weight is 358 g/mol. The molecule has 1 aliphatic heterocycles. The molecular weight excluding hydrogens is 340 g/mol. The Morgan fingerprint density at radius 2 is 1.48 bits per heavy atom.